The lowest BCUT2D eigenvalue weighted by atomic mass is 10.1. The number of hydrogen-bond donors (Lipinski definition) is 1. The molecule has 0 atom stereocenters. The minimum Gasteiger partial charge on any atom is -0.478 e. The Kier molecular flexibility index (Phi) is 3.63. The molecule has 0 unspecified atom stereocenters. The Morgan fingerprint density at radius 3 is 2.50 bits per heavy atom. The lowest BCUT2D eigenvalue weighted by molar-refractivity contribution is -0.130. The number of carboxylic acids is 1. The van der Waals surface area contributed by atoms with Gasteiger partial charge in [0, 0.05) is 6.42 Å². The standard InChI is InChI=1S/C15H14O3/c1-2-12-8-9-13(18-12)10-14(15(16)17)11-6-4-3-5-7-11/h3-10H,2H2,1H3,(H,16,17)/b14-10+. The molecule has 0 aliphatic carbocycles. The normalized spacial score (nSPS) is 11.5. The Balaban J connectivity index is 2.39. The Morgan fingerprint density at radius 2 is 1.94 bits per heavy atom. The highest BCUT2D eigenvalue weighted by Gasteiger charge is 2.11. The van der Waals surface area contributed by atoms with Crippen molar-refractivity contribution in [1.29, 1.82) is 0 Å². The molecule has 0 amide bonds. The van der Waals surface area contributed by atoms with Crippen molar-refractivity contribution in [2.45, 2.75) is 13.3 Å². The number of furan rings is 1. The molecule has 92 valence electrons. The molecule has 0 aliphatic heterocycles. The van der Waals surface area contributed by atoms with E-state index in [0.29, 0.717) is 11.3 Å². The summed E-state index contributed by atoms with van der Waals surface area (Å²) in [6.07, 6.45) is 2.35. The first-order chi connectivity index (χ1) is 8.70. The summed E-state index contributed by atoms with van der Waals surface area (Å²) in [4.78, 5) is 11.3. The number of carboxylic acid groups (broad SMARTS) is 1. The molecule has 3 nitrogen and oxygen atoms in total. The van der Waals surface area contributed by atoms with E-state index in [1.807, 2.05) is 31.2 Å². The average Bonchev–Trinajstić information content (AvgIpc) is 2.84. The molecule has 1 N–H and O–H groups in total. The van der Waals surface area contributed by atoms with Crippen molar-refractivity contribution >= 4 is 17.6 Å². The van der Waals surface area contributed by atoms with Gasteiger partial charge in [0.2, 0.25) is 0 Å². The summed E-state index contributed by atoms with van der Waals surface area (Å²) in [5.74, 6) is 0.447. The summed E-state index contributed by atoms with van der Waals surface area (Å²) in [5, 5.41) is 9.24. The summed E-state index contributed by atoms with van der Waals surface area (Å²) >= 11 is 0. The molecule has 0 spiro atoms. The monoisotopic (exact) mass is 242 g/mol. The fourth-order valence-corrected chi connectivity index (χ4v) is 1.69. The zero-order chi connectivity index (χ0) is 13.0. The molecule has 3 heteroatoms. The molecule has 0 aliphatic rings. The molecular formula is C15H14O3. The second-order valence-corrected chi connectivity index (χ2v) is 3.89. The third-order valence-corrected chi connectivity index (χ3v) is 2.63. The lowest BCUT2D eigenvalue weighted by Gasteiger charge is -2.01. The van der Waals surface area contributed by atoms with Crippen LogP contribution in [0.4, 0.5) is 0 Å². The lowest BCUT2D eigenvalue weighted by Crippen LogP contribution is -1.99. The van der Waals surface area contributed by atoms with Crippen molar-refractivity contribution in [3.8, 4) is 0 Å². The topological polar surface area (TPSA) is 50.4 Å². The van der Waals surface area contributed by atoms with Gasteiger partial charge in [-0.3, -0.25) is 0 Å². The van der Waals surface area contributed by atoms with Crippen molar-refractivity contribution in [2.75, 3.05) is 0 Å². The van der Waals surface area contributed by atoms with Crippen molar-refractivity contribution < 1.29 is 14.3 Å². The molecule has 0 bridgehead atoms. The van der Waals surface area contributed by atoms with Crippen molar-refractivity contribution in [3.05, 3.63) is 59.5 Å². The minimum atomic E-state index is -0.962. The van der Waals surface area contributed by atoms with Gasteiger partial charge in [0.1, 0.15) is 11.5 Å². The summed E-state index contributed by atoms with van der Waals surface area (Å²) < 4.78 is 5.50. The van der Waals surface area contributed by atoms with Crippen LogP contribution in [0, 0.1) is 0 Å². The first-order valence-electron chi connectivity index (χ1n) is 5.80. The van der Waals surface area contributed by atoms with E-state index < -0.39 is 5.97 Å². The van der Waals surface area contributed by atoms with Crippen LogP contribution in [0.1, 0.15) is 24.0 Å². The smallest absolute Gasteiger partial charge is 0.336 e. The average molecular weight is 242 g/mol. The number of aryl methyl sites for hydroxylation is 1. The van der Waals surface area contributed by atoms with Gasteiger partial charge in [-0.25, -0.2) is 4.79 Å². The van der Waals surface area contributed by atoms with E-state index in [1.54, 1.807) is 24.3 Å². The van der Waals surface area contributed by atoms with Crippen molar-refractivity contribution in [1.82, 2.24) is 0 Å². The molecule has 1 heterocycles. The van der Waals surface area contributed by atoms with Crippen molar-refractivity contribution in [3.63, 3.8) is 0 Å². The molecule has 0 fully saturated rings. The molecule has 0 saturated heterocycles. The van der Waals surface area contributed by atoms with Crippen LogP contribution >= 0.6 is 0 Å². The molecule has 2 aromatic rings. The Morgan fingerprint density at radius 1 is 1.22 bits per heavy atom. The van der Waals surface area contributed by atoms with Gasteiger partial charge < -0.3 is 9.52 Å². The summed E-state index contributed by atoms with van der Waals surface area (Å²) in [6, 6.07) is 12.6. The predicted octanol–water partition coefficient (Wildman–Crippen LogP) is 3.47. The Labute approximate surface area is 105 Å². The van der Waals surface area contributed by atoms with E-state index in [0.717, 1.165) is 12.2 Å². The van der Waals surface area contributed by atoms with E-state index in [1.165, 1.54) is 0 Å². The van der Waals surface area contributed by atoms with E-state index in [4.69, 9.17) is 4.42 Å². The van der Waals surface area contributed by atoms with Crippen LogP contribution < -0.4 is 0 Å². The minimum absolute atomic E-state index is 0.229. The molecular weight excluding hydrogens is 228 g/mol. The van der Waals surface area contributed by atoms with Crippen LogP contribution in [0.5, 0.6) is 0 Å². The highest BCUT2D eigenvalue weighted by atomic mass is 16.4. The van der Waals surface area contributed by atoms with Gasteiger partial charge in [-0.15, -0.1) is 0 Å². The summed E-state index contributed by atoms with van der Waals surface area (Å²) in [6.45, 7) is 1.99. The Hall–Kier alpha value is -2.29. The quantitative estimate of drug-likeness (QED) is 0.835. The first-order valence-corrected chi connectivity index (χ1v) is 5.80. The zero-order valence-corrected chi connectivity index (χ0v) is 10.1. The zero-order valence-electron chi connectivity index (χ0n) is 10.1. The number of rotatable bonds is 4. The van der Waals surface area contributed by atoms with Gasteiger partial charge in [-0.1, -0.05) is 37.3 Å². The maximum atomic E-state index is 11.3. The van der Waals surface area contributed by atoms with Crippen LogP contribution in [-0.4, -0.2) is 11.1 Å². The molecule has 1 aromatic heterocycles. The Bertz CT molecular complexity index is 564. The predicted molar refractivity (Wildman–Crippen MR) is 70.0 cm³/mol. The van der Waals surface area contributed by atoms with E-state index in [2.05, 4.69) is 0 Å². The van der Waals surface area contributed by atoms with Crippen LogP contribution in [0.15, 0.2) is 46.9 Å². The van der Waals surface area contributed by atoms with Crippen molar-refractivity contribution in [2.24, 2.45) is 0 Å². The van der Waals surface area contributed by atoms with E-state index in [9.17, 15) is 9.90 Å². The molecule has 2 rings (SSSR count). The number of benzene rings is 1. The van der Waals surface area contributed by atoms with Gasteiger partial charge in [-0.2, -0.15) is 0 Å². The fourth-order valence-electron chi connectivity index (χ4n) is 1.69. The van der Waals surface area contributed by atoms with Crippen LogP contribution in [0.3, 0.4) is 0 Å². The highest BCUT2D eigenvalue weighted by molar-refractivity contribution is 6.20. The third-order valence-electron chi connectivity index (χ3n) is 2.63. The number of carbonyl (C=O) groups is 1. The molecule has 1 aromatic carbocycles. The van der Waals surface area contributed by atoms with E-state index in [-0.39, 0.29) is 5.57 Å². The maximum Gasteiger partial charge on any atom is 0.336 e. The molecule has 0 radical (unpaired) electrons. The fraction of sp³-hybridized carbons (Fsp3) is 0.133. The van der Waals surface area contributed by atoms with Gasteiger partial charge in [0.05, 0.1) is 5.57 Å². The number of hydrogen-bond acceptors (Lipinski definition) is 2. The van der Waals surface area contributed by atoms with Gasteiger partial charge in [-0.05, 0) is 23.8 Å². The molecule has 0 saturated carbocycles. The largest absolute Gasteiger partial charge is 0.478 e. The van der Waals surface area contributed by atoms with Gasteiger partial charge in [0.15, 0.2) is 0 Å². The second-order valence-electron chi connectivity index (χ2n) is 3.89. The maximum absolute atomic E-state index is 11.3. The van der Waals surface area contributed by atoms with Crippen LogP contribution in [0.2, 0.25) is 0 Å². The third kappa shape index (κ3) is 2.69. The summed E-state index contributed by atoms with van der Waals surface area (Å²) in [5.41, 5.74) is 0.895. The molecule has 18 heavy (non-hydrogen) atoms. The van der Waals surface area contributed by atoms with Crippen LogP contribution in [0.25, 0.3) is 11.6 Å². The van der Waals surface area contributed by atoms with Gasteiger partial charge in [0.25, 0.3) is 0 Å². The highest BCUT2D eigenvalue weighted by Crippen LogP contribution is 2.20. The number of aliphatic carboxylic acids is 1. The first kappa shape index (κ1) is 12.2. The second kappa shape index (κ2) is 5.36. The SMILES string of the molecule is CCc1ccc(/C=C(/C(=O)O)c2ccccc2)o1. The summed E-state index contributed by atoms with van der Waals surface area (Å²) in [7, 11) is 0. The van der Waals surface area contributed by atoms with Crippen LogP contribution in [-0.2, 0) is 11.2 Å². The van der Waals surface area contributed by atoms with E-state index >= 15 is 0 Å². The van der Waals surface area contributed by atoms with Gasteiger partial charge >= 0.3 is 5.97 Å².